The Morgan fingerprint density at radius 3 is 2.65 bits per heavy atom. The van der Waals surface area contributed by atoms with Crippen LogP contribution in [0.5, 0.6) is 5.88 Å². The van der Waals surface area contributed by atoms with Gasteiger partial charge in [0.15, 0.2) is 11.5 Å². The van der Waals surface area contributed by atoms with Crippen molar-refractivity contribution < 1.29 is 17.5 Å². The highest BCUT2D eigenvalue weighted by Gasteiger charge is 2.15. The minimum absolute atomic E-state index is 0.00864. The zero-order chi connectivity index (χ0) is 22.0. The molecule has 160 valence electrons. The summed E-state index contributed by atoms with van der Waals surface area (Å²) in [6.45, 7) is -0.00227. The van der Waals surface area contributed by atoms with Crippen LogP contribution < -0.4 is 9.46 Å². The maximum absolute atomic E-state index is 13.5. The van der Waals surface area contributed by atoms with Crippen LogP contribution in [0.3, 0.4) is 0 Å². The predicted octanol–water partition coefficient (Wildman–Crippen LogP) is 3.59. The van der Waals surface area contributed by atoms with Gasteiger partial charge in [0.25, 0.3) is 0 Å². The van der Waals surface area contributed by atoms with Crippen LogP contribution in [0.15, 0.2) is 59.5 Å². The summed E-state index contributed by atoms with van der Waals surface area (Å²) in [6, 6.07) is 13.1. The first-order valence-corrected chi connectivity index (χ1v) is 11.1. The van der Waals surface area contributed by atoms with Crippen LogP contribution in [-0.4, -0.2) is 41.4 Å². The summed E-state index contributed by atoms with van der Waals surface area (Å²) in [5.41, 5.74) is 0.957. The average Bonchev–Trinajstić information content (AvgIpc) is 3.16. The first kappa shape index (κ1) is 21.4. The Morgan fingerprint density at radius 1 is 1.03 bits per heavy atom. The van der Waals surface area contributed by atoms with E-state index in [2.05, 4.69) is 20.0 Å². The lowest BCUT2D eigenvalue weighted by atomic mass is 10.2. The van der Waals surface area contributed by atoms with Gasteiger partial charge in [-0.15, -0.1) is 15.3 Å². The number of benzene rings is 2. The molecule has 0 aliphatic rings. The molecule has 0 atom stereocenters. The van der Waals surface area contributed by atoms with E-state index in [1.165, 1.54) is 34.8 Å². The summed E-state index contributed by atoms with van der Waals surface area (Å²) in [5.74, 6) is 0.162. The maximum Gasteiger partial charge on any atom is 0.240 e. The Balaban J connectivity index is 1.43. The first-order valence-electron chi connectivity index (χ1n) is 8.89. The van der Waals surface area contributed by atoms with Crippen molar-refractivity contribution in [3.8, 4) is 17.3 Å². The molecule has 0 saturated heterocycles. The highest BCUT2D eigenvalue weighted by atomic mass is 35.5. The van der Waals surface area contributed by atoms with Crippen molar-refractivity contribution in [2.24, 2.45) is 0 Å². The molecule has 0 saturated carbocycles. The van der Waals surface area contributed by atoms with Crippen molar-refractivity contribution >= 4 is 38.9 Å². The van der Waals surface area contributed by atoms with E-state index in [0.29, 0.717) is 17.0 Å². The second-order valence-electron chi connectivity index (χ2n) is 6.30. The number of nitrogens with one attached hydrogen (secondary N) is 1. The zero-order valence-electron chi connectivity index (χ0n) is 15.7. The van der Waals surface area contributed by atoms with Crippen LogP contribution in [0.2, 0.25) is 10.0 Å². The second kappa shape index (κ2) is 8.75. The van der Waals surface area contributed by atoms with E-state index in [-0.39, 0.29) is 34.0 Å². The number of fused-ring (bicyclic) bond motifs is 1. The molecule has 0 fully saturated rings. The standard InChI is InChI=1S/C19H14Cl2FN5O3S/c20-15-5-4-14(11-16(15)21)31(28,29)23-8-9-30-18-7-6-17-24-25-19(27(17)26-18)12-2-1-3-13(22)10-12/h1-7,10-11,23H,8-9H2. The van der Waals surface area contributed by atoms with Gasteiger partial charge in [-0.1, -0.05) is 35.3 Å². The predicted molar refractivity (Wildman–Crippen MR) is 113 cm³/mol. The van der Waals surface area contributed by atoms with Crippen molar-refractivity contribution in [1.82, 2.24) is 24.5 Å². The number of hydrogen-bond donors (Lipinski definition) is 1. The van der Waals surface area contributed by atoms with Gasteiger partial charge in [-0.05, 0) is 36.4 Å². The number of rotatable bonds is 7. The SMILES string of the molecule is O=S(=O)(NCCOc1ccc2nnc(-c3cccc(F)c3)n2n1)c1ccc(Cl)c(Cl)c1. The van der Waals surface area contributed by atoms with Crippen molar-refractivity contribution in [2.45, 2.75) is 4.90 Å². The molecule has 4 rings (SSSR count). The minimum Gasteiger partial charge on any atom is -0.475 e. The third kappa shape index (κ3) is 4.77. The van der Waals surface area contributed by atoms with E-state index < -0.39 is 15.8 Å². The topological polar surface area (TPSA) is 98.5 Å². The van der Waals surface area contributed by atoms with Gasteiger partial charge in [-0.3, -0.25) is 0 Å². The van der Waals surface area contributed by atoms with Crippen molar-refractivity contribution in [2.75, 3.05) is 13.2 Å². The van der Waals surface area contributed by atoms with Crippen molar-refractivity contribution in [3.63, 3.8) is 0 Å². The largest absolute Gasteiger partial charge is 0.475 e. The van der Waals surface area contributed by atoms with Gasteiger partial charge in [0.2, 0.25) is 15.9 Å². The Hall–Kier alpha value is -2.79. The summed E-state index contributed by atoms with van der Waals surface area (Å²) in [4.78, 5) is -0.00864. The van der Waals surface area contributed by atoms with Gasteiger partial charge >= 0.3 is 0 Å². The Kier molecular flexibility index (Phi) is 6.05. The van der Waals surface area contributed by atoms with Crippen molar-refractivity contribution in [1.29, 1.82) is 0 Å². The smallest absolute Gasteiger partial charge is 0.240 e. The number of halogens is 3. The lowest BCUT2D eigenvalue weighted by Gasteiger charge is -2.09. The zero-order valence-corrected chi connectivity index (χ0v) is 18.0. The summed E-state index contributed by atoms with van der Waals surface area (Å²) in [7, 11) is -3.78. The normalized spacial score (nSPS) is 11.7. The third-order valence-corrected chi connectivity index (χ3v) is 6.36. The molecule has 0 bridgehead atoms. The average molecular weight is 482 g/mol. The maximum atomic E-state index is 13.5. The summed E-state index contributed by atoms with van der Waals surface area (Å²) in [6.07, 6.45) is 0. The van der Waals surface area contributed by atoms with E-state index in [1.807, 2.05) is 0 Å². The van der Waals surface area contributed by atoms with Gasteiger partial charge in [0.1, 0.15) is 12.4 Å². The molecule has 12 heteroatoms. The molecule has 31 heavy (non-hydrogen) atoms. The van der Waals surface area contributed by atoms with Crippen LogP contribution in [-0.2, 0) is 10.0 Å². The van der Waals surface area contributed by atoms with Crippen LogP contribution in [0, 0.1) is 5.82 Å². The number of aromatic nitrogens is 4. The molecule has 0 aliphatic heterocycles. The van der Waals surface area contributed by atoms with Crippen LogP contribution in [0.4, 0.5) is 4.39 Å². The Bertz CT molecular complexity index is 1360. The van der Waals surface area contributed by atoms with Gasteiger partial charge in [-0.25, -0.2) is 17.5 Å². The van der Waals surface area contributed by atoms with Crippen LogP contribution in [0.1, 0.15) is 0 Å². The van der Waals surface area contributed by atoms with Crippen molar-refractivity contribution in [3.05, 3.63) is 70.5 Å². The highest BCUT2D eigenvalue weighted by Crippen LogP contribution is 2.24. The number of nitrogens with zero attached hydrogens (tertiary/aromatic N) is 4. The quantitative estimate of drug-likeness (QED) is 0.405. The molecule has 1 N–H and O–H groups in total. The molecule has 2 aromatic carbocycles. The molecule has 4 aromatic rings. The molecule has 0 unspecified atom stereocenters. The van der Waals surface area contributed by atoms with E-state index in [4.69, 9.17) is 27.9 Å². The molecular weight excluding hydrogens is 468 g/mol. The fourth-order valence-electron chi connectivity index (χ4n) is 2.72. The Labute approximate surface area is 186 Å². The van der Waals surface area contributed by atoms with Gasteiger partial charge in [0, 0.05) is 18.2 Å². The first-order chi connectivity index (χ1) is 14.8. The van der Waals surface area contributed by atoms with Crippen LogP contribution >= 0.6 is 23.2 Å². The fourth-order valence-corrected chi connectivity index (χ4v) is 4.12. The Morgan fingerprint density at radius 2 is 1.87 bits per heavy atom. The van der Waals surface area contributed by atoms with Crippen LogP contribution in [0.25, 0.3) is 17.0 Å². The lowest BCUT2D eigenvalue weighted by molar-refractivity contribution is 0.306. The number of hydrogen-bond acceptors (Lipinski definition) is 6. The molecule has 0 spiro atoms. The summed E-state index contributed by atoms with van der Waals surface area (Å²) < 4.78 is 47.6. The van der Waals surface area contributed by atoms with E-state index in [9.17, 15) is 12.8 Å². The highest BCUT2D eigenvalue weighted by molar-refractivity contribution is 7.89. The lowest BCUT2D eigenvalue weighted by Crippen LogP contribution is -2.28. The van der Waals surface area contributed by atoms with Gasteiger partial charge in [0.05, 0.1) is 14.9 Å². The minimum atomic E-state index is -3.78. The molecule has 2 heterocycles. The molecule has 2 aromatic heterocycles. The molecule has 0 radical (unpaired) electrons. The molecule has 8 nitrogen and oxygen atoms in total. The fraction of sp³-hybridized carbons (Fsp3) is 0.105. The van der Waals surface area contributed by atoms with Gasteiger partial charge < -0.3 is 4.74 Å². The molecule has 0 amide bonds. The van der Waals surface area contributed by atoms with Gasteiger partial charge in [-0.2, -0.15) is 4.52 Å². The number of sulfonamides is 1. The van der Waals surface area contributed by atoms with E-state index >= 15 is 0 Å². The van der Waals surface area contributed by atoms with E-state index in [1.54, 1.807) is 24.3 Å². The number of ether oxygens (including phenoxy) is 1. The van der Waals surface area contributed by atoms with E-state index in [0.717, 1.165) is 0 Å². The molecule has 0 aliphatic carbocycles. The second-order valence-corrected chi connectivity index (χ2v) is 8.88. The summed E-state index contributed by atoms with van der Waals surface area (Å²) >= 11 is 11.7. The monoisotopic (exact) mass is 481 g/mol. The molecular formula is C19H14Cl2FN5O3S. The summed E-state index contributed by atoms with van der Waals surface area (Å²) in [5, 5.41) is 12.7. The third-order valence-electron chi connectivity index (χ3n) is 4.17.